The van der Waals surface area contributed by atoms with Gasteiger partial charge in [-0.1, -0.05) is 48.5 Å². The highest BCUT2D eigenvalue weighted by atomic mass is 31.2. The van der Waals surface area contributed by atoms with Crippen LogP contribution in [0.2, 0.25) is 0 Å². The second-order valence-corrected chi connectivity index (χ2v) is 8.00. The van der Waals surface area contributed by atoms with Crippen molar-refractivity contribution in [3.63, 3.8) is 0 Å². The summed E-state index contributed by atoms with van der Waals surface area (Å²) in [5, 5.41) is 4.01. The van der Waals surface area contributed by atoms with Crippen molar-refractivity contribution in [1.82, 2.24) is 4.98 Å². The van der Waals surface area contributed by atoms with Gasteiger partial charge in [-0.15, -0.1) is 0 Å². The molecular formula is C21H18NO4P. The maximum atomic E-state index is 12.5. The number of pyridine rings is 1. The molecule has 4 aromatic rings. The molecule has 3 aromatic carbocycles. The standard InChI is InChI=1S/C21H18NO4P/c1-2-26-27(24,25)20-12-11-19(22-21(20)23)18-13-14-7-3-4-8-15(14)16-9-5-6-10-17(16)18/h3-13H,2H2,1H3,(H,22,23)(H,24,25). The largest absolute Gasteiger partial charge is 0.364 e. The van der Waals surface area contributed by atoms with E-state index in [1.54, 1.807) is 13.0 Å². The molecule has 1 heterocycles. The van der Waals surface area contributed by atoms with Crippen LogP contribution in [0.4, 0.5) is 0 Å². The molecule has 6 heteroatoms. The molecular weight excluding hydrogens is 361 g/mol. The van der Waals surface area contributed by atoms with Gasteiger partial charge in [-0.3, -0.25) is 9.36 Å². The Bertz CT molecular complexity index is 1260. The number of rotatable bonds is 4. The molecule has 0 bridgehead atoms. The smallest absolute Gasteiger partial charge is 0.321 e. The molecule has 0 radical (unpaired) electrons. The van der Waals surface area contributed by atoms with Crippen molar-refractivity contribution in [1.29, 1.82) is 0 Å². The molecule has 0 amide bonds. The summed E-state index contributed by atoms with van der Waals surface area (Å²) < 4.78 is 17.0. The lowest BCUT2D eigenvalue weighted by Gasteiger charge is -2.13. The maximum absolute atomic E-state index is 12.5. The molecule has 1 atom stereocenters. The summed E-state index contributed by atoms with van der Waals surface area (Å²) in [6.45, 7) is 1.65. The minimum atomic E-state index is -4.12. The summed E-state index contributed by atoms with van der Waals surface area (Å²) >= 11 is 0. The fourth-order valence-corrected chi connectivity index (χ4v) is 4.43. The highest BCUT2D eigenvalue weighted by molar-refractivity contribution is 7.61. The van der Waals surface area contributed by atoms with E-state index in [2.05, 4.69) is 11.1 Å². The molecule has 27 heavy (non-hydrogen) atoms. The highest BCUT2D eigenvalue weighted by Crippen LogP contribution is 2.39. The molecule has 1 aromatic heterocycles. The van der Waals surface area contributed by atoms with Crippen molar-refractivity contribution < 1.29 is 14.0 Å². The van der Waals surface area contributed by atoms with Crippen LogP contribution in [0.25, 0.3) is 32.8 Å². The lowest BCUT2D eigenvalue weighted by Crippen LogP contribution is -2.28. The minimum absolute atomic E-state index is 0.0459. The van der Waals surface area contributed by atoms with Crippen molar-refractivity contribution in [2.24, 2.45) is 0 Å². The molecule has 136 valence electrons. The molecule has 1 unspecified atom stereocenters. The zero-order valence-electron chi connectivity index (χ0n) is 14.7. The monoisotopic (exact) mass is 379 g/mol. The second kappa shape index (κ2) is 6.78. The molecule has 0 aliphatic heterocycles. The van der Waals surface area contributed by atoms with Gasteiger partial charge >= 0.3 is 7.60 Å². The van der Waals surface area contributed by atoms with Gasteiger partial charge < -0.3 is 14.4 Å². The van der Waals surface area contributed by atoms with E-state index < -0.39 is 13.2 Å². The number of benzene rings is 3. The van der Waals surface area contributed by atoms with E-state index in [0.29, 0.717) is 5.69 Å². The lowest BCUT2D eigenvalue weighted by atomic mass is 9.95. The van der Waals surface area contributed by atoms with E-state index in [-0.39, 0.29) is 11.9 Å². The molecule has 2 N–H and O–H groups in total. The molecule has 4 rings (SSSR count). The number of hydrogen-bond acceptors (Lipinski definition) is 3. The predicted octanol–water partition coefficient (Wildman–Crippen LogP) is 4.20. The molecule has 0 fully saturated rings. The Morgan fingerprint density at radius 3 is 2.33 bits per heavy atom. The predicted molar refractivity (Wildman–Crippen MR) is 109 cm³/mol. The van der Waals surface area contributed by atoms with Crippen LogP contribution in [0.5, 0.6) is 0 Å². The van der Waals surface area contributed by atoms with E-state index >= 15 is 0 Å². The summed E-state index contributed by atoms with van der Waals surface area (Å²) in [6, 6.07) is 21.1. The minimum Gasteiger partial charge on any atom is -0.321 e. The maximum Gasteiger partial charge on any atom is 0.364 e. The molecule has 0 aliphatic carbocycles. The van der Waals surface area contributed by atoms with Gasteiger partial charge in [0.2, 0.25) is 0 Å². The van der Waals surface area contributed by atoms with Gasteiger partial charge in [0.25, 0.3) is 5.56 Å². The zero-order valence-corrected chi connectivity index (χ0v) is 15.6. The molecule has 0 saturated heterocycles. The summed E-state index contributed by atoms with van der Waals surface area (Å²) in [6.07, 6.45) is 0. The number of hydrogen-bond donors (Lipinski definition) is 2. The number of fused-ring (bicyclic) bond motifs is 3. The van der Waals surface area contributed by atoms with Crippen LogP contribution in [-0.2, 0) is 9.09 Å². The van der Waals surface area contributed by atoms with Crippen molar-refractivity contribution in [2.45, 2.75) is 6.92 Å². The Balaban J connectivity index is 1.96. The first kappa shape index (κ1) is 17.7. The van der Waals surface area contributed by atoms with E-state index in [1.807, 2.05) is 48.5 Å². The van der Waals surface area contributed by atoms with E-state index in [1.165, 1.54) is 6.07 Å². The Labute approximate surface area is 155 Å². The van der Waals surface area contributed by atoms with Crippen LogP contribution in [0.3, 0.4) is 0 Å². The highest BCUT2D eigenvalue weighted by Gasteiger charge is 2.26. The van der Waals surface area contributed by atoms with Crippen LogP contribution in [0, 0.1) is 0 Å². The van der Waals surface area contributed by atoms with Gasteiger partial charge in [-0.25, -0.2) is 0 Å². The van der Waals surface area contributed by atoms with Crippen LogP contribution in [-0.4, -0.2) is 16.5 Å². The number of H-pyrrole nitrogens is 1. The van der Waals surface area contributed by atoms with Gasteiger partial charge in [0, 0.05) is 11.3 Å². The van der Waals surface area contributed by atoms with Crippen molar-refractivity contribution in [2.75, 3.05) is 6.61 Å². The van der Waals surface area contributed by atoms with E-state index in [9.17, 15) is 14.3 Å². The van der Waals surface area contributed by atoms with Gasteiger partial charge in [0.05, 0.1) is 6.61 Å². The lowest BCUT2D eigenvalue weighted by molar-refractivity contribution is 0.284. The zero-order chi connectivity index (χ0) is 19.0. The Morgan fingerprint density at radius 2 is 1.63 bits per heavy atom. The normalized spacial score (nSPS) is 13.7. The Kier molecular flexibility index (Phi) is 4.44. The Hall–Kier alpha value is -2.72. The van der Waals surface area contributed by atoms with Gasteiger partial charge in [-0.2, -0.15) is 0 Å². The number of nitrogens with one attached hydrogen (secondary N) is 1. The van der Waals surface area contributed by atoms with Gasteiger partial charge in [0.15, 0.2) is 0 Å². The SMILES string of the molecule is CCOP(=O)(O)c1ccc(-c2cc3ccccc3c3ccccc23)[nH]c1=O. The fraction of sp³-hybridized carbons (Fsp3) is 0.0952. The van der Waals surface area contributed by atoms with Crippen molar-refractivity contribution >= 4 is 34.4 Å². The van der Waals surface area contributed by atoms with Crippen molar-refractivity contribution in [3.8, 4) is 11.3 Å². The first-order valence-electron chi connectivity index (χ1n) is 8.63. The van der Waals surface area contributed by atoms with Gasteiger partial charge in [-0.05, 0) is 46.7 Å². The molecule has 0 saturated carbocycles. The second-order valence-electron chi connectivity index (χ2n) is 6.22. The third-order valence-corrected chi connectivity index (χ3v) is 6.12. The topological polar surface area (TPSA) is 79.4 Å². The van der Waals surface area contributed by atoms with Crippen molar-refractivity contribution in [3.05, 3.63) is 77.1 Å². The first-order chi connectivity index (χ1) is 13.0. The number of aromatic amines is 1. The fourth-order valence-electron chi connectivity index (χ4n) is 3.37. The molecule has 5 nitrogen and oxygen atoms in total. The van der Waals surface area contributed by atoms with Crippen LogP contribution < -0.4 is 10.9 Å². The van der Waals surface area contributed by atoms with Crippen LogP contribution in [0.15, 0.2) is 71.5 Å². The average molecular weight is 379 g/mol. The summed E-state index contributed by atoms with van der Waals surface area (Å²) in [5.41, 5.74) is 0.823. The molecule has 0 aliphatic rings. The van der Waals surface area contributed by atoms with E-state index in [0.717, 1.165) is 27.1 Å². The molecule has 0 spiro atoms. The number of aromatic nitrogens is 1. The van der Waals surface area contributed by atoms with E-state index in [4.69, 9.17) is 4.52 Å². The average Bonchev–Trinajstić information content (AvgIpc) is 2.67. The summed E-state index contributed by atoms with van der Waals surface area (Å²) in [4.78, 5) is 25.2. The van der Waals surface area contributed by atoms with Crippen LogP contribution >= 0.6 is 7.60 Å². The summed E-state index contributed by atoms with van der Waals surface area (Å²) in [5.74, 6) is 0. The third-order valence-electron chi connectivity index (χ3n) is 4.56. The summed E-state index contributed by atoms with van der Waals surface area (Å²) in [7, 11) is -4.12. The quantitative estimate of drug-likeness (QED) is 0.412. The third kappa shape index (κ3) is 3.10. The van der Waals surface area contributed by atoms with Gasteiger partial charge in [0.1, 0.15) is 5.30 Å². The Morgan fingerprint density at radius 1 is 0.963 bits per heavy atom. The van der Waals surface area contributed by atoms with Crippen LogP contribution in [0.1, 0.15) is 6.92 Å². The first-order valence-corrected chi connectivity index (χ1v) is 10.2.